The van der Waals surface area contributed by atoms with E-state index in [1.54, 1.807) is 32.9 Å². The van der Waals surface area contributed by atoms with Crippen molar-refractivity contribution in [2.45, 2.75) is 53.2 Å². The van der Waals surface area contributed by atoms with Gasteiger partial charge in [0.1, 0.15) is 17.4 Å². The number of amides is 2. The number of phenolic OH excluding ortho intramolecular Hbond substituents is 1. The molecule has 1 atom stereocenters. The van der Waals surface area contributed by atoms with Gasteiger partial charge in [-0.25, -0.2) is 4.79 Å². The SMILES string of the molecule is CC(C)(C)CNC(=O)[C@@H](NC(=O)OC(C)(C)C)c1ccc(O)cc1. The lowest BCUT2D eigenvalue weighted by molar-refractivity contribution is -0.123. The first-order valence-electron chi connectivity index (χ1n) is 7.93. The van der Waals surface area contributed by atoms with Gasteiger partial charge >= 0.3 is 6.09 Å². The van der Waals surface area contributed by atoms with E-state index in [1.165, 1.54) is 12.1 Å². The smallest absolute Gasteiger partial charge is 0.408 e. The van der Waals surface area contributed by atoms with E-state index in [9.17, 15) is 14.7 Å². The standard InChI is InChI=1S/C18H28N2O4/c1-17(2,3)11-19-15(22)14(12-7-9-13(21)10-8-12)20-16(23)24-18(4,5)6/h7-10,14,21H,11H2,1-6H3,(H,19,22)(H,20,23)/t14-/m0/s1. The van der Waals surface area contributed by atoms with Crippen molar-refractivity contribution in [3.05, 3.63) is 29.8 Å². The number of benzene rings is 1. The summed E-state index contributed by atoms with van der Waals surface area (Å²) in [4.78, 5) is 24.6. The molecule has 0 unspecified atom stereocenters. The van der Waals surface area contributed by atoms with E-state index >= 15 is 0 Å². The summed E-state index contributed by atoms with van der Waals surface area (Å²) in [7, 11) is 0. The number of alkyl carbamates (subject to hydrolysis) is 1. The van der Waals surface area contributed by atoms with Crippen LogP contribution in [-0.4, -0.2) is 29.3 Å². The van der Waals surface area contributed by atoms with Crippen LogP contribution in [0, 0.1) is 5.41 Å². The van der Waals surface area contributed by atoms with E-state index in [2.05, 4.69) is 10.6 Å². The third-order valence-corrected chi connectivity index (χ3v) is 2.94. The Labute approximate surface area is 143 Å². The highest BCUT2D eigenvalue weighted by molar-refractivity contribution is 5.87. The number of carbonyl (C=O) groups is 2. The van der Waals surface area contributed by atoms with Gasteiger partial charge in [-0.2, -0.15) is 0 Å². The molecule has 1 aromatic carbocycles. The molecule has 0 aliphatic rings. The number of rotatable bonds is 4. The van der Waals surface area contributed by atoms with Crippen LogP contribution < -0.4 is 10.6 Å². The molecule has 0 saturated heterocycles. The van der Waals surface area contributed by atoms with E-state index in [-0.39, 0.29) is 17.1 Å². The molecular formula is C18H28N2O4. The van der Waals surface area contributed by atoms with Crippen LogP contribution in [0.4, 0.5) is 4.79 Å². The first-order valence-corrected chi connectivity index (χ1v) is 7.93. The quantitative estimate of drug-likeness (QED) is 0.788. The average molecular weight is 336 g/mol. The summed E-state index contributed by atoms with van der Waals surface area (Å²) < 4.78 is 5.23. The van der Waals surface area contributed by atoms with Gasteiger partial charge in [0.15, 0.2) is 0 Å². The summed E-state index contributed by atoms with van der Waals surface area (Å²) in [6.07, 6.45) is -0.675. The van der Waals surface area contributed by atoms with Crippen LogP contribution in [0.25, 0.3) is 0 Å². The molecule has 24 heavy (non-hydrogen) atoms. The molecule has 0 radical (unpaired) electrons. The molecule has 0 aliphatic heterocycles. The summed E-state index contributed by atoms with van der Waals surface area (Å²) in [5.41, 5.74) is -0.183. The number of carbonyl (C=O) groups excluding carboxylic acids is 2. The maximum atomic E-state index is 12.5. The molecule has 3 N–H and O–H groups in total. The largest absolute Gasteiger partial charge is 0.508 e. The summed E-state index contributed by atoms with van der Waals surface area (Å²) in [5, 5.41) is 14.8. The van der Waals surface area contributed by atoms with Crippen molar-refractivity contribution < 1.29 is 19.4 Å². The number of ether oxygens (including phenoxy) is 1. The molecule has 6 nitrogen and oxygen atoms in total. The van der Waals surface area contributed by atoms with Crippen molar-refractivity contribution >= 4 is 12.0 Å². The molecule has 0 bridgehead atoms. The van der Waals surface area contributed by atoms with Crippen LogP contribution in [0.5, 0.6) is 5.75 Å². The number of hydrogen-bond donors (Lipinski definition) is 3. The highest BCUT2D eigenvalue weighted by Gasteiger charge is 2.26. The second-order valence-electron chi connectivity index (χ2n) is 7.95. The fraction of sp³-hybridized carbons (Fsp3) is 0.556. The highest BCUT2D eigenvalue weighted by atomic mass is 16.6. The van der Waals surface area contributed by atoms with E-state index in [0.29, 0.717) is 12.1 Å². The van der Waals surface area contributed by atoms with Crippen molar-refractivity contribution in [1.82, 2.24) is 10.6 Å². The topological polar surface area (TPSA) is 87.7 Å². The Bertz CT molecular complexity index is 568. The third-order valence-electron chi connectivity index (χ3n) is 2.94. The highest BCUT2D eigenvalue weighted by Crippen LogP contribution is 2.19. The van der Waals surface area contributed by atoms with Gasteiger partial charge in [-0.05, 0) is 43.9 Å². The molecule has 0 saturated carbocycles. The maximum absolute atomic E-state index is 12.5. The molecule has 1 rings (SSSR count). The molecule has 2 amide bonds. The molecule has 0 spiro atoms. The fourth-order valence-electron chi connectivity index (χ4n) is 1.85. The minimum absolute atomic E-state index is 0.0823. The normalized spacial score (nSPS) is 13.1. The van der Waals surface area contributed by atoms with E-state index < -0.39 is 17.7 Å². The molecule has 0 heterocycles. The minimum Gasteiger partial charge on any atom is -0.508 e. The summed E-state index contributed by atoms with van der Waals surface area (Å²) in [5.74, 6) is -0.244. The predicted molar refractivity (Wildman–Crippen MR) is 92.7 cm³/mol. The summed E-state index contributed by atoms with van der Waals surface area (Å²) in [6.45, 7) is 11.7. The van der Waals surface area contributed by atoms with Crippen LogP contribution in [-0.2, 0) is 9.53 Å². The van der Waals surface area contributed by atoms with Crippen molar-refractivity contribution in [3.63, 3.8) is 0 Å². The lowest BCUT2D eigenvalue weighted by Gasteiger charge is -2.25. The second-order valence-corrected chi connectivity index (χ2v) is 7.95. The maximum Gasteiger partial charge on any atom is 0.408 e. The van der Waals surface area contributed by atoms with Gasteiger partial charge < -0.3 is 20.5 Å². The Balaban J connectivity index is 2.92. The van der Waals surface area contributed by atoms with Gasteiger partial charge in [-0.1, -0.05) is 32.9 Å². The van der Waals surface area contributed by atoms with E-state index in [1.807, 2.05) is 20.8 Å². The van der Waals surface area contributed by atoms with Gasteiger partial charge in [0.05, 0.1) is 0 Å². The monoisotopic (exact) mass is 336 g/mol. The lowest BCUT2D eigenvalue weighted by atomic mass is 9.96. The third kappa shape index (κ3) is 7.35. The second kappa shape index (κ2) is 7.55. The first-order chi connectivity index (χ1) is 10.9. The Kier molecular flexibility index (Phi) is 6.23. The Hall–Kier alpha value is -2.24. The van der Waals surface area contributed by atoms with Gasteiger partial charge in [0, 0.05) is 6.54 Å². The predicted octanol–water partition coefficient (Wildman–Crippen LogP) is 3.12. The zero-order valence-corrected chi connectivity index (χ0v) is 15.3. The van der Waals surface area contributed by atoms with Crippen molar-refractivity contribution in [1.29, 1.82) is 0 Å². The van der Waals surface area contributed by atoms with Gasteiger partial charge in [0.25, 0.3) is 0 Å². The number of phenols is 1. The van der Waals surface area contributed by atoms with Gasteiger partial charge in [-0.15, -0.1) is 0 Å². The van der Waals surface area contributed by atoms with Crippen LogP contribution in [0.15, 0.2) is 24.3 Å². The van der Waals surface area contributed by atoms with E-state index in [4.69, 9.17) is 4.74 Å². The van der Waals surface area contributed by atoms with Gasteiger partial charge in [-0.3, -0.25) is 4.79 Å². The van der Waals surface area contributed by atoms with Crippen molar-refractivity contribution in [2.24, 2.45) is 5.41 Å². The summed E-state index contributed by atoms with van der Waals surface area (Å²) in [6, 6.07) is 5.22. The molecule has 0 aliphatic carbocycles. The van der Waals surface area contributed by atoms with Crippen LogP contribution in [0.3, 0.4) is 0 Å². The molecular weight excluding hydrogens is 308 g/mol. The van der Waals surface area contributed by atoms with Crippen molar-refractivity contribution in [2.75, 3.05) is 6.54 Å². The molecule has 0 aromatic heterocycles. The molecule has 134 valence electrons. The van der Waals surface area contributed by atoms with E-state index in [0.717, 1.165) is 0 Å². The number of hydrogen-bond acceptors (Lipinski definition) is 4. The minimum atomic E-state index is -0.900. The zero-order chi connectivity index (χ0) is 18.5. The van der Waals surface area contributed by atoms with Crippen molar-refractivity contribution in [3.8, 4) is 5.75 Å². The molecule has 6 heteroatoms. The van der Waals surface area contributed by atoms with Crippen LogP contribution >= 0.6 is 0 Å². The van der Waals surface area contributed by atoms with Gasteiger partial charge in [0.2, 0.25) is 5.91 Å². The average Bonchev–Trinajstić information content (AvgIpc) is 2.40. The number of aromatic hydroxyl groups is 1. The number of nitrogens with one attached hydrogen (secondary N) is 2. The van der Waals surface area contributed by atoms with Crippen LogP contribution in [0.1, 0.15) is 53.1 Å². The zero-order valence-electron chi connectivity index (χ0n) is 15.3. The lowest BCUT2D eigenvalue weighted by Crippen LogP contribution is -2.44. The molecule has 0 fully saturated rings. The fourth-order valence-corrected chi connectivity index (χ4v) is 1.85. The Morgan fingerprint density at radius 3 is 2.08 bits per heavy atom. The Morgan fingerprint density at radius 2 is 1.62 bits per heavy atom. The first kappa shape index (κ1) is 19.8. The Morgan fingerprint density at radius 1 is 1.08 bits per heavy atom. The molecule has 1 aromatic rings. The summed E-state index contributed by atoms with van der Waals surface area (Å²) >= 11 is 0. The van der Waals surface area contributed by atoms with Crippen LogP contribution in [0.2, 0.25) is 0 Å².